The van der Waals surface area contributed by atoms with Crippen molar-refractivity contribution in [1.82, 2.24) is 0 Å². The van der Waals surface area contributed by atoms with Gasteiger partial charge in [-0.05, 0) is 48.8 Å². The second-order valence-electron chi connectivity index (χ2n) is 6.24. The third-order valence-corrected chi connectivity index (χ3v) is 4.90. The molecule has 0 spiro atoms. The molecule has 1 amide bonds. The van der Waals surface area contributed by atoms with Gasteiger partial charge < -0.3 is 10.1 Å². The second-order valence-corrected chi connectivity index (χ2v) is 6.24. The number of hydrogen-bond acceptors (Lipinski definition) is 3. The van der Waals surface area contributed by atoms with E-state index < -0.39 is 0 Å². The highest BCUT2D eigenvalue weighted by molar-refractivity contribution is 5.89. The number of cyclic esters (lactones) is 1. The van der Waals surface area contributed by atoms with E-state index in [0.717, 1.165) is 35.7 Å². The van der Waals surface area contributed by atoms with Gasteiger partial charge in [-0.2, -0.15) is 0 Å². The largest absolute Gasteiger partial charge is 0.447 e. The maximum Gasteiger partial charge on any atom is 0.414 e. The van der Waals surface area contributed by atoms with Gasteiger partial charge in [-0.1, -0.05) is 18.2 Å². The highest BCUT2D eigenvalue weighted by Gasteiger charge is 2.35. The Kier molecular flexibility index (Phi) is 3.09. The number of ether oxygens (including phenoxy) is 1. The normalized spacial score (nSPS) is 30.0. The minimum absolute atomic E-state index is 0.245. The highest BCUT2D eigenvalue weighted by Crippen LogP contribution is 2.43. The number of hydrogen-bond donors (Lipinski definition) is 1. The summed E-state index contributed by atoms with van der Waals surface area (Å²) >= 11 is 0. The monoisotopic (exact) mass is 284 g/mol. The molecule has 2 aliphatic carbocycles. The minimum atomic E-state index is -0.245. The van der Waals surface area contributed by atoms with E-state index >= 15 is 0 Å². The molecular formula is C17H20N2O2. The van der Waals surface area contributed by atoms with Crippen molar-refractivity contribution < 1.29 is 9.53 Å². The number of amides is 1. The number of rotatable bonds is 4. The second kappa shape index (κ2) is 5.10. The van der Waals surface area contributed by atoms with Gasteiger partial charge in [0.2, 0.25) is 0 Å². The molecular weight excluding hydrogens is 264 g/mol. The van der Waals surface area contributed by atoms with Crippen molar-refractivity contribution in [3.63, 3.8) is 0 Å². The average Bonchev–Trinajstić information content (AvgIpc) is 3.21. The van der Waals surface area contributed by atoms with Crippen LogP contribution in [0.15, 0.2) is 36.4 Å². The van der Waals surface area contributed by atoms with Crippen LogP contribution in [-0.4, -0.2) is 25.8 Å². The lowest BCUT2D eigenvalue weighted by molar-refractivity contribution is 0.181. The lowest BCUT2D eigenvalue weighted by Gasteiger charge is -2.20. The summed E-state index contributed by atoms with van der Waals surface area (Å²) in [5.41, 5.74) is 1.99. The fourth-order valence-electron chi connectivity index (χ4n) is 3.79. The smallest absolute Gasteiger partial charge is 0.414 e. The number of nitrogens with one attached hydrogen (secondary N) is 1. The predicted molar refractivity (Wildman–Crippen MR) is 82.5 cm³/mol. The van der Waals surface area contributed by atoms with Crippen molar-refractivity contribution in [3.05, 3.63) is 36.4 Å². The third-order valence-electron chi connectivity index (χ3n) is 4.90. The van der Waals surface area contributed by atoms with Gasteiger partial charge in [-0.3, -0.25) is 4.90 Å². The molecule has 1 aromatic rings. The van der Waals surface area contributed by atoms with Crippen molar-refractivity contribution in [2.45, 2.75) is 12.8 Å². The van der Waals surface area contributed by atoms with Gasteiger partial charge in [0.25, 0.3) is 0 Å². The number of fused-ring (bicyclic) bond motifs is 2. The van der Waals surface area contributed by atoms with Crippen LogP contribution in [0.3, 0.4) is 0 Å². The molecule has 1 saturated carbocycles. The van der Waals surface area contributed by atoms with Crippen molar-refractivity contribution >= 4 is 17.5 Å². The van der Waals surface area contributed by atoms with Crippen LogP contribution in [0.4, 0.5) is 16.2 Å². The summed E-state index contributed by atoms with van der Waals surface area (Å²) in [7, 11) is 0. The fraction of sp³-hybridized carbons (Fsp3) is 0.471. The van der Waals surface area contributed by atoms with E-state index in [-0.39, 0.29) is 6.09 Å². The maximum absolute atomic E-state index is 11.6. The van der Waals surface area contributed by atoms with E-state index in [2.05, 4.69) is 23.5 Å². The summed E-state index contributed by atoms with van der Waals surface area (Å²) in [5, 5.41) is 3.54. The van der Waals surface area contributed by atoms with Crippen LogP contribution >= 0.6 is 0 Å². The quantitative estimate of drug-likeness (QED) is 0.863. The Morgan fingerprint density at radius 2 is 2.24 bits per heavy atom. The molecule has 1 saturated heterocycles. The summed E-state index contributed by atoms with van der Waals surface area (Å²) in [6.07, 6.45) is 7.17. The Morgan fingerprint density at radius 1 is 1.29 bits per heavy atom. The van der Waals surface area contributed by atoms with E-state index in [0.29, 0.717) is 13.2 Å². The van der Waals surface area contributed by atoms with Crippen LogP contribution in [0.5, 0.6) is 0 Å². The topological polar surface area (TPSA) is 41.6 Å². The zero-order chi connectivity index (χ0) is 14.2. The van der Waals surface area contributed by atoms with Crippen molar-refractivity contribution in [2.24, 2.45) is 17.8 Å². The van der Waals surface area contributed by atoms with Crippen molar-refractivity contribution in [2.75, 3.05) is 29.9 Å². The molecule has 4 nitrogen and oxygen atoms in total. The van der Waals surface area contributed by atoms with Crippen LogP contribution in [0, 0.1) is 17.8 Å². The van der Waals surface area contributed by atoms with E-state index in [4.69, 9.17) is 4.74 Å². The molecule has 2 bridgehead atoms. The summed E-state index contributed by atoms with van der Waals surface area (Å²) in [6.45, 7) is 2.13. The van der Waals surface area contributed by atoms with E-state index in [1.54, 1.807) is 4.90 Å². The van der Waals surface area contributed by atoms with Crippen LogP contribution in [-0.2, 0) is 4.74 Å². The van der Waals surface area contributed by atoms with Gasteiger partial charge in [0, 0.05) is 17.9 Å². The number of anilines is 2. The predicted octanol–water partition coefficient (Wildman–Crippen LogP) is 3.27. The van der Waals surface area contributed by atoms with Crippen LogP contribution < -0.4 is 10.2 Å². The first-order chi connectivity index (χ1) is 10.3. The number of carbonyl (C=O) groups excluding carboxylic acids is 1. The Balaban J connectivity index is 1.41. The molecule has 21 heavy (non-hydrogen) atoms. The number of nitrogens with zero attached hydrogens (tertiary/aromatic N) is 1. The average molecular weight is 284 g/mol. The maximum atomic E-state index is 11.6. The molecule has 1 heterocycles. The molecule has 2 fully saturated rings. The zero-order valence-electron chi connectivity index (χ0n) is 12.0. The SMILES string of the molecule is O=C1OCCN1c1cccc(NCC2CC3C=CC2C3)c1. The zero-order valence-corrected chi connectivity index (χ0v) is 12.0. The number of benzene rings is 1. The van der Waals surface area contributed by atoms with Gasteiger partial charge in [0.15, 0.2) is 0 Å². The Morgan fingerprint density at radius 3 is 2.95 bits per heavy atom. The van der Waals surface area contributed by atoms with Gasteiger partial charge in [0.05, 0.1) is 6.54 Å². The fourth-order valence-corrected chi connectivity index (χ4v) is 3.79. The Hall–Kier alpha value is -1.97. The van der Waals surface area contributed by atoms with E-state index in [1.807, 2.05) is 18.2 Å². The van der Waals surface area contributed by atoms with E-state index in [1.165, 1.54) is 12.8 Å². The molecule has 3 unspecified atom stereocenters. The molecule has 110 valence electrons. The summed E-state index contributed by atoms with van der Waals surface area (Å²) < 4.78 is 4.99. The summed E-state index contributed by atoms with van der Waals surface area (Å²) in [5.74, 6) is 2.33. The molecule has 3 atom stereocenters. The summed E-state index contributed by atoms with van der Waals surface area (Å²) in [6, 6.07) is 8.05. The molecule has 0 radical (unpaired) electrons. The molecule has 1 aliphatic heterocycles. The molecule has 0 aromatic heterocycles. The molecule has 3 aliphatic rings. The van der Waals surface area contributed by atoms with Gasteiger partial charge >= 0.3 is 6.09 Å². The molecule has 4 heteroatoms. The lowest BCUT2D eigenvalue weighted by atomic mass is 9.93. The minimum Gasteiger partial charge on any atom is -0.447 e. The summed E-state index contributed by atoms with van der Waals surface area (Å²) in [4.78, 5) is 13.3. The van der Waals surface area contributed by atoms with Crippen LogP contribution in [0.2, 0.25) is 0 Å². The number of allylic oxidation sites excluding steroid dienone is 2. The third kappa shape index (κ3) is 2.39. The molecule has 1 aromatic carbocycles. The first kappa shape index (κ1) is 12.7. The molecule has 1 N–H and O–H groups in total. The lowest BCUT2D eigenvalue weighted by Crippen LogP contribution is -2.23. The van der Waals surface area contributed by atoms with Crippen molar-refractivity contribution in [3.8, 4) is 0 Å². The Bertz CT molecular complexity index is 584. The Labute approximate surface area is 124 Å². The van der Waals surface area contributed by atoms with E-state index in [9.17, 15) is 4.79 Å². The first-order valence-corrected chi connectivity index (χ1v) is 7.76. The first-order valence-electron chi connectivity index (χ1n) is 7.76. The van der Waals surface area contributed by atoms with Crippen LogP contribution in [0.1, 0.15) is 12.8 Å². The molecule has 4 rings (SSSR count). The van der Waals surface area contributed by atoms with Gasteiger partial charge in [-0.25, -0.2) is 4.79 Å². The standard InChI is InChI=1S/C17H20N2O2/c20-17-19(6-7-21-17)16-3-1-2-15(10-16)18-11-14-9-12-4-5-13(14)8-12/h1-5,10,12-14,18H,6-9,11H2. The van der Waals surface area contributed by atoms with Gasteiger partial charge in [0.1, 0.15) is 6.61 Å². The van der Waals surface area contributed by atoms with Gasteiger partial charge in [-0.15, -0.1) is 0 Å². The van der Waals surface area contributed by atoms with Crippen molar-refractivity contribution in [1.29, 1.82) is 0 Å². The number of carbonyl (C=O) groups is 1. The highest BCUT2D eigenvalue weighted by atomic mass is 16.6. The van der Waals surface area contributed by atoms with Crippen LogP contribution in [0.25, 0.3) is 0 Å².